The molecule has 0 aliphatic carbocycles. The van der Waals surface area contributed by atoms with E-state index in [9.17, 15) is 0 Å². The number of hydrazine groups is 1. The Kier molecular flexibility index (Phi) is 4.66. The smallest absolute Gasteiger partial charge is 0.219 e. The van der Waals surface area contributed by atoms with Crippen molar-refractivity contribution in [2.75, 3.05) is 18.6 Å². The molecule has 100 valence electrons. The van der Waals surface area contributed by atoms with Gasteiger partial charge in [-0.15, -0.1) is 0 Å². The normalized spacial score (nSPS) is 10.2. The molecule has 0 amide bonds. The van der Waals surface area contributed by atoms with Crippen molar-refractivity contribution < 1.29 is 9.84 Å². The van der Waals surface area contributed by atoms with Crippen molar-refractivity contribution in [2.24, 2.45) is 5.84 Å². The van der Waals surface area contributed by atoms with Gasteiger partial charge in [0.25, 0.3) is 0 Å². The van der Waals surface area contributed by atoms with Gasteiger partial charge in [-0.25, -0.2) is 10.8 Å². The summed E-state index contributed by atoms with van der Waals surface area (Å²) in [6, 6.07) is 11.2. The zero-order valence-corrected chi connectivity index (χ0v) is 10.4. The van der Waals surface area contributed by atoms with Gasteiger partial charge in [-0.2, -0.15) is 4.98 Å². The summed E-state index contributed by atoms with van der Waals surface area (Å²) in [4.78, 5) is 8.59. The van der Waals surface area contributed by atoms with Gasteiger partial charge in [0.05, 0.1) is 6.61 Å². The first-order chi connectivity index (χ1) is 9.33. The van der Waals surface area contributed by atoms with E-state index in [0.29, 0.717) is 30.5 Å². The van der Waals surface area contributed by atoms with E-state index in [1.165, 1.54) is 0 Å². The molecule has 1 heterocycles. The van der Waals surface area contributed by atoms with Gasteiger partial charge in [0, 0.05) is 24.7 Å². The van der Waals surface area contributed by atoms with Crippen molar-refractivity contribution in [3.63, 3.8) is 0 Å². The molecule has 4 N–H and O–H groups in total. The first-order valence-corrected chi connectivity index (χ1v) is 5.98. The molecule has 0 unspecified atom stereocenters. The van der Waals surface area contributed by atoms with E-state index in [0.717, 1.165) is 5.56 Å². The fourth-order valence-electron chi connectivity index (χ4n) is 1.53. The van der Waals surface area contributed by atoms with Crippen LogP contribution in [0.3, 0.4) is 0 Å². The molecule has 0 spiro atoms. The number of hydrogen-bond acceptors (Lipinski definition) is 6. The predicted molar refractivity (Wildman–Crippen MR) is 72.5 cm³/mol. The Morgan fingerprint density at radius 3 is 2.68 bits per heavy atom. The minimum atomic E-state index is 0.0820. The zero-order valence-electron chi connectivity index (χ0n) is 10.4. The van der Waals surface area contributed by atoms with Crippen LogP contribution in [0, 0.1) is 0 Å². The number of aliphatic hydroxyl groups is 1. The molecule has 6 nitrogen and oxygen atoms in total. The van der Waals surface area contributed by atoms with Gasteiger partial charge in [-0.3, -0.25) is 0 Å². The second kappa shape index (κ2) is 6.67. The Balaban J connectivity index is 2.26. The lowest BCUT2D eigenvalue weighted by Gasteiger charge is -2.08. The van der Waals surface area contributed by atoms with Crippen molar-refractivity contribution in [1.29, 1.82) is 0 Å². The SMILES string of the molecule is NNc1cc(OCCCO)nc(-c2ccccc2)n1. The third-order valence-electron chi connectivity index (χ3n) is 2.43. The molecule has 1 aromatic heterocycles. The number of ether oxygens (including phenoxy) is 1. The van der Waals surface area contributed by atoms with Gasteiger partial charge >= 0.3 is 0 Å². The van der Waals surface area contributed by atoms with E-state index in [-0.39, 0.29) is 6.61 Å². The van der Waals surface area contributed by atoms with Crippen molar-refractivity contribution in [3.05, 3.63) is 36.4 Å². The van der Waals surface area contributed by atoms with E-state index in [1.807, 2.05) is 30.3 Å². The highest BCUT2D eigenvalue weighted by molar-refractivity contribution is 5.57. The van der Waals surface area contributed by atoms with Crippen LogP contribution in [0.1, 0.15) is 6.42 Å². The first-order valence-electron chi connectivity index (χ1n) is 5.98. The average Bonchev–Trinajstić information content (AvgIpc) is 2.48. The van der Waals surface area contributed by atoms with Crippen LogP contribution in [0.25, 0.3) is 11.4 Å². The maximum Gasteiger partial charge on any atom is 0.219 e. The number of benzene rings is 1. The van der Waals surface area contributed by atoms with Gasteiger partial charge in [0.2, 0.25) is 5.88 Å². The largest absolute Gasteiger partial charge is 0.477 e. The zero-order chi connectivity index (χ0) is 13.5. The monoisotopic (exact) mass is 260 g/mol. The number of hydrogen-bond donors (Lipinski definition) is 3. The Hall–Kier alpha value is -2.18. The van der Waals surface area contributed by atoms with Crippen LogP contribution in [0.5, 0.6) is 5.88 Å². The molecule has 2 aromatic rings. The Labute approximate surface area is 111 Å². The molecule has 2 rings (SSSR count). The number of aromatic nitrogens is 2. The molecule has 0 aliphatic rings. The lowest BCUT2D eigenvalue weighted by molar-refractivity contribution is 0.229. The molecule has 0 atom stereocenters. The molecular weight excluding hydrogens is 244 g/mol. The van der Waals surface area contributed by atoms with Crippen LogP contribution >= 0.6 is 0 Å². The third-order valence-corrected chi connectivity index (χ3v) is 2.43. The van der Waals surface area contributed by atoms with Crippen LogP contribution in [0.15, 0.2) is 36.4 Å². The summed E-state index contributed by atoms with van der Waals surface area (Å²) < 4.78 is 5.44. The maximum atomic E-state index is 8.73. The van der Waals surface area contributed by atoms with E-state index < -0.39 is 0 Å². The quantitative estimate of drug-likeness (QED) is 0.410. The molecule has 0 saturated heterocycles. The molecule has 0 radical (unpaired) electrons. The highest BCUT2D eigenvalue weighted by atomic mass is 16.5. The Morgan fingerprint density at radius 2 is 2.00 bits per heavy atom. The summed E-state index contributed by atoms with van der Waals surface area (Å²) in [5.74, 6) is 6.83. The number of anilines is 1. The van der Waals surface area contributed by atoms with E-state index in [2.05, 4.69) is 15.4 Å². The second-order valence-electron chi connectivity index (χ2n) is 3.85. The van der Waals surface area contributed by atoms with Crippen LogP contribution in [-0.2, 0) is 0 Å². The van der Waals surface area contributed by atoms with Gasteiger partial charge in [0.1, 0.15) is 5.82 Å². The average molecular weight is 260 g/mol. The number of nitrogen functional groups attached to an aromatic ring is 1. The number of nitrogens with one attached hydrogen (secondary N) is 1. The minimum Gasteiger partial charge on any atom is -0.477 e. The molecule has 6 heteroatoms. The van der Waals surface area contributed by atoms with E-state index in [1.54, 1.807) is 6.07 Å². The fraction of sp³-hybridized carbons (Fsp3) is 0.231. The summed E-state index contributed by atoms with van der Waals surface area (Å²) in [6.45, 7) is 0.477. The van der Waals surface area contributed by atoms with Crippen molar-refractivity contribution in [3.8, 4) is 17.3 Å². The van der Waals surface area contributed by atoms with Gasteiger partial charge in [-0.05, 0) is 0 Å². The predicted octanol–water partition coefficient (Wildman–Crippen LogP) is 1.19. The second-order valence-corrected chi connectivity index (χ2v) is 3.85. The standard InChI is InChI=1S/C13H16N4O2/c14-17-11-9-12(19-8-4-7-18)16-13(15-11)10-5-2-1-3-6-10/h1-3,5-6,9,18H,4,7-8,14H2,(H,15,16,17). The van der Waals surface area contributed by atoms with Gasteiger partial charge < -0.3 is 15.3 Å². The lowest BCUT2D eigenvalue weighted by atomic mass is 10.2. The van der Waals surface area contributed by atoms with Crippen molar-refractivity contribution in [1.82, 2.24) is 9.97 Å². The van der Waals surface area contributed by atoms with Crippen LogP contribution in [-0.4, -0.2) is 28.3 Å². The third kappa shape index (κ3) is 3.64. The summed E-state index contributed by atoms with van der Waals surface area (Å²) in [7, 11) is 0. The first kappa shape index (κ1) is 13.3. The summed E-state index contributed by atoms with van der Waals surface area (Å²) in [5, 5.41) is 8.73. The summed E-state index contributed by atoms with van der Waals surface area (Å²) in [5.41, 5.74) is 3.37. The van der Waals surface area contributed by atoms with Crippen LogP contribution in [0.4, 0.5) is 5.82 Å². The highest BCUT2D eigenvalue weighted by Crippen LogP contribution is 2.20. The molecular formula is C13H16N4O2. The molecule has 0 fully saturated rings. The number of nitrogens with zero attached hydrogens (tertiary/aromatic N) is 2. The molecule has 0 bridgehead atoms. The fourth-order valence-corrected chi connectivity index (χ4v) is 1.53. The number of aliphatic hydroxyl groups excluding tert-OH is 1. The van der Waals surface area contributed by atoms with Gasteiger partial charge in [-0.1, -0.05) is 30.3 Å². The maximum absolute atomic E-state index is 8.73. The van der Waals surface area contributed by atoms with Crippen molar-refractivity contribution >= 4 is 5.82 Å². The van der Waals surface area contributed by atoms with E-state index >= 15 is 0 Å². The van der Waals surface area contributed by atoms with Crippen molar-refractivity contribution in [2.45, 2.75) is 6.42 Å². The number of rotatable bonds is 6. The van der Waals surface area contributed by atoms with E-state index in [4.69, 9.17) is 15.7 Å². The van der Waals surface area contributed by atoms with Gasteiger partial charge in [0.15, 0.2) is 5.82 Å². The Morgan fingerprint density at radius 1 is 1.21 bits per heavy atom. The molecule has 19 heavy (non-hydrogen) atoms. The number of nitrogens with two attached hydrogens (primary N) is 1. The highest BCUT2D eigenvalue weighted by Gasteiger charge is 2.07. The summed E-state index contributed by atoms with van der Waals surface area (Å²) in [6.07, 6.45) is 0.552. The Bertz CT molecular complexity index is 519. The molecule has 0 saturated carbocycles. The lowest BCUT2D eigenvalue weighted by Crippen LogP contribution is -2.10. The van der Waals surface area contributed by atoms with Crippen LogP contribution in [0.2, 0.25) is 0 Å². The minimum absolute atomic E-state index is 0.0820. The van der Waals surface area contributed by atoms with Crippen LogP contribution < -0.4 is 16.0 Å². The topological polar surface area (TPSA) is 93.3 Å². The summed E-state index contributed by atoms with van der Waals surface area (Å²) >= 11 is 0. The molecule has 1 aromatic carbocycles. The molecule has 0 aliphatic heterocycles.